The van der Waals surface area contributed by atoms with Gasteiger partial charge in [-0.1, -0.05) is 0 Å². The maximum atomic E-state index is 12.2. The second-order valence-electron chi connectivity index (χ2n) is 6.45. The van der Waals surface area contributed by atoms with Crippen molar-refractivity contribution in [3.8, 4) is 0 Å². The molecule has 1 atom stereocenters. The van der Waals surface area contributed by atoms with Crippen molar-refractivity contribution in [2.24, 2.45) is 5.73 Å². The molecule has 0 heterocycles. The van der Waals surface area contributed by atoms with Crippen molar-refractivity contribution in [2.75, 3.05) is 6.26 Å². The second kappa shape index (κ2) is 4.70. The minimum atomic E-state index is -4.24. The first-order valence-electron chi connectivity index (χ1n) is 6.19. The lowest BCUT2D eigenvalue weighted by atomic mass is 9.97. The molecule has 1 unspecified atom stereocenters. The van der Waals surface area contributed by atoms with Crippen LogP contribution in [0.3, 0.4) is 0 Å². The number of carboxylic acid groups (broad SMARTS) is 1. The van der Waals surface area contributed by atoms with E-state index in [4.69, 9.17) is 10.5 Å². The standard InChI is InChI=1S/C12H21NO6S/c1-10(2,3)19-9(16)12(8(14)15,20(4,17)18)7-11(13)5-6-11/h5-7,13H2,1-4H3,(H,14,15). The molecule has 3 N–H and O–H groups in total. The summed E-state index contributed by atoms with van der Waals surface area (Å²) >= 11 is 0. The SMILES string of the molecule is CC(C)(C)OC(=O)C(CC1(N)CC1)(C(=O)O)S(C)(=O)=O. The highest BCUT2D eigenvalue weighted by Crippen LogP contribution is 2.43. The molecule has 116 valence electrons. The largest absolute Gasteiger partial charge is 0.480 e. The van der Waals surface area contributed by atoms with Gasteiger partial charge in [0.05, 0.1) is 0 Å². The van der Waals surface area contributed by atoms with Crippen molar-refractivity contribution in [2.45, 2.75) is 55.9 Å². The Labute approximate surface area is 118 Å². The molecule has 0 radical (unpaired) electrons. The van der Waals surface area contributed by atoms with Crippen LogP contribution in [0.15, 0.2) is 0 Å². The summed E-state index contributed by atoms with van der Waals surface area (Å²) in [6, 6.07) is 0. The Kier molecular flexibility index (Phi) is 3.97. The monoisotopic (exact) mass is 307 g/mol. The van der Waals surface area contributed by atoms with Crippen LogP contribution in [0.1, 0.15) is 40.0 Å². The van der Waals surface area contributed by atoms with E-state index < -0.39 is 44.1 Å². The van der Waals surface area contributed by atoms with Crippen LogP contribution in [0, 0.1) is 0 Å². The van der Waals surface area contributed by atoms with Gasteiger partial charge < -0.3 is 15.6 Å². The van der Waals surface area contributed by atoms with Crippen molar-refractivity contribution in [1.29, 1.82) is 0 Å². The van der Waals surface area contributed by atoms with E-state index in [0.717, 1.165) is 6.26 Å². The van der Waals surface area contributed by atoms with Crippen LogP contribution < -0.4 is 5.73 Å². The highest BCUT2D eigenvalue weighted by atomic mass is 32.2. The zero-order valence-electron chi connectivity index (χ0n) is 12.1. The summed E-state index contributed by atoms with van der Waals surface area (Å²) in [4.78, 5) is 23.8. The molecule has 1 fully saturated rings. The second-order valence-corrected chi connectivity index (χ2v) is 8.69. The van der Waals surface area contributed by atoms with Gasteiger partial charge in [-0.15, -0.1) is 0 Å². The number of hydrogen-bond acceptors (Lipinski definition) is 6. The Morgan fingerprint density at radius 1 is 1.30 bits per heavy atom. The molecule has 0 spiro atoms. The molecule has 8 heteroatoms. The van der Waals surface area contributed by atoms with Crippen LogP contribution >= 0.6 is 0 Å². The molecule has 0 aliphatic heterocycles. The van der Waals surface area contributed by atoms with Gasteiger partial charge in [-0.2, -0.15) is 0 Å². The van der Waals surface area contributed by atoms with Gasteiger partial charge in [0.25, 0.3) is 4.75 Å². The lowest BCUT2D eigenvalue weighted by Crippen LogP contribution is -2.58. The molecule has 1 aliphatic rings. The van der Waals surface area contributed by atoms with E-state index in [2.05, 4.69) is 0 Å². The van der Waals surface area contributed by atoms with Crippen LogP contribution in [0.5, 0.6) is 0 Å². The number of hydrogen-bond donors (Lipinski definition) is 2. The number of ether oxygens (including phenoxy) is 1. The number of esters is 1. The number of sulfone groups is 1. The zero-order chi connectivity index (χ0) is 16.0. The van der Waals surface area contributed by atoms with Gasteiger partial charge in [0.2, 0.25) is 0 Å². The third-order valence-corrected chi connectivity index (χ3v) is 4.95. The average Bonchev–Trinajstić information content (AvgIpc) is 2.87. The molecule has 1 aliphatic carbocycles. The summed E-state index contributed by atoms with van der Waals surface area (Å²) in [6.07, 6.45) is 1.22. The zero-order valence-corrected chi connectivity index (χ0v) is 12.9. The van der Waals surface area contributed by atoms with Crippen LogP contribution in [-0.2, 0) is 24.2 Å². The van der Waals surface area contributed by atoms with Gasteiger partial charge in [0, 0.05) is 18.2 Å². The first kappa shape index (κ1) is 16.9. The minimum Gasteiger partial charge on any atom is -0.480 e. The quantitative estimate of drug-likeness (QED) is 0.544. The van der Waals surface area contributed by atoms with Gasteiger partial charge in [0.15, 0.2) is 9.84 Å². The van der Waals surface area contributed by atoms with Gasteiger partial charge in [0.1, 0.15) is 5.60 Å². The number of carboxylic acids is 1. The maximum absolute atomic E-state index is 12.2. The molecule has 0 aromatic carbocycles. The van der Waals surface area contributed by atoms with Gasteiger partial charge in [-0.05, 0) is 33.6 Å². The fraction of sp³-hybridized carbons (Fsp3) is 0.833. The number of carbonyl (C=O) groups is 2. The van der Waals surface area contributed by atoms with Gasteiger partial charge >= 0.3 is 11.9 Å². The summed E-state index contributed by atoms with van der Waals surface area (Å²) in [5.41, 5.74) is 3.91. The number of aliphatic carboxylic acids is 1. The van der Waals surface area contributed by atoms with Crippen LogP contribution in [0.25, 0.3) is 0 Å². The summed E-state index contributed by atoms with van der Waals surface area (Å²) in [6.45, 7) is 4.61. The fourth-order valence-corrected chi connectivity index (χ4v) is 3.08. The molecular weight excluding hydrogens is 286 g/mol. The lowest BCUT2D eigenvalue weighted by molar-refractivity contribution is -0.165. The first-order chi connectivity index (χ1) is 8.74. The van der Waals surface area contributed by atoms with Crippen molar-refractivity contribution in [1.82, 2.24) is 0 Å². The van der Waals surface area contributed by atoms with Gasteiger partial charge in [-0.3, -0.25) is 0 Å². The first-order valence-corrected chi connectivity index (χ1v) is 8.08. The van der Waals surface area contributed by atoms with Crippen LogP contribution in [-0.4, -0.2) is 47.6 Å². The molecule has 0 amide bonds. The molecule has 0 saturated heterocycles. The fourth-order valence-electron chi connectivity index (χ4n) is 1.87. The van der Waals surface area contributed by atoms with E-state index in [0.29, 0.717) is 12.8 Å². The Balaban J connectivity index is 3.31. The summed E-state index contributed by atoms with van der Waals surface area (Å²) in [5.74, 6) is -3.03. The van der Waals surface area contributed by atoms with Gasteiger partial charge in [-0.25, -0.2) is 18.0 Å². The molecule has 0 aromatic rings. The number of carbonyl (C=O) groups excluding carboxylic acids is 1. The van der Waals surface area contributed by atoms with E-state index in [1.54, 1.807) is 0 Å². The van der Waals surface area contributed by atoms with Crippen molar-refractivity contribution in [3.05, 3.63) is 0 Å². The molecule has 1 saturated carbocycles. The molecule has 0 bridgehead atoms. The Bertz CT molecular complexity index is 529. The third-order valence-electron chi connectivity index (χ3n) is 3.20. The molecule has 20 heavy (non-hydrogen) atoms. The lowest BCUT2D eigenvalue weighted by Gasteiger charge is -2.31. The Morgan fingerprint density at radius 2 is 1.75 bits per heavy atom. The van der Waals surface area contributed by atoms with Crippen molar-refractivity contribution >= 4 is 21.8 Å². The highest BCUT2D eigenvalue weighted by molar-refractivity contribution is 7.93. The molecule has 0 aromatic heterocycles. The van der Waals surface area contributed by atoms with Crippen molar-refractivity contribution in [3.63, 3.8) is 0 Å². The normalized spacial score (nSPS) is 20.9. The predicted octanol–water partition coefficient (Wildman–Crippen LogP) is 0.0775. The molecule has 1 rings (SSSR count). The van der Waals surface area contributed by atoms with Crippen molar-refractivity contribution < 1.29 is 27.9 Å². The Hall–Kier alpha value is -1.15. The topological polar surface area (TPSA) is 124 Å². The smallest absolute Gasteiger partial charge is 0.339 e. The molecule has 7 nitrogen and oxygen atoms in total. The number of nitrogens with two attached hydrogens (primary N) is 1. The van der Waals surface area contributed by atoms with E-state index >= 15 is 0 Å². The molecular formula is C12H21NO6S. The summed E-state index contributed by atoms with van der Waals surface area (Å²) in [5, 5.41) is 9.38. The van der Waals surface area contributed by atoms with Crippen LogP contribution in [0.4, 0.5) is 0 Å². The maximum Gasteiger partial charge on any atom is 0.339 e. The predicted molar refractivity (Wildman–Crippen MR) is 71.8 cm³/mol. The summed E-state index contributed by atoms with van der Waals surface area (Å²) in [7, 11) is -4.24. The minimum absolute atomic E-state index is 0.469. The number of rotatable bonds is 5. The Morgan fingerprint density at radius 3 is 2.00 bits per heavy atom. The van der Waals surface area contributed by atoms with E-state index in [-0.39, 0.29) is 0 Å². The van der Waals surface area contributed by atoms with Crippen LogP contribution in [0.2, 0.25) is 0 Å². The average molecular weight is 307 g/mol. The highest BCUT2D eigenvalue weighted by Gasteiger charge is 2.63. The van der Waals surface area contributed by atoms with E-state index in [9.17, 15) is 23.1 Å². The third kappa shape index (κ3) is 3.29. The summed E-state index contributed by atoms with van der Waals surface area (Å²) < 4.78 is 26.3. The van der Waals surface area contributed by atoms with E-state index in [1.165, 1.54) is 20.8 Å². The van der Waals surface area contributed by atoms with E-state index in [1.807, 2.05) is 0 Å².